The molecule has 0 aliphatic rings. The van der Waals surface area contributed by atoms with E-state index in [1.807, 2.05) is 13.8 Å². The number of carbonyl (C=O) groups is 1. The van der Waals surface area contributed by atoms with E-state index in [1.165, 1.54) is 0 Å². The van der Waals surface area contributed by atoms with Crippen molar-refractivity contribution in [1.29, 1.82) is 0 Å². The molecule has 1 atom stereocenters. The van der Waals surface area contributed by atoms with Gasteiger partial charge in [0.15, 0.2) is 0 Å². The van der Waals surface area contributed by atoms with Crippen molar-refractivity contribution in [1.82, 2.24) is 0 Å². The third-order valence-corrected chi connectivity index (χ3v) is 1.04. The Morgan fingerprint density at radius 2 is 1.64 bits per heavy atom. The maximum absolute atomic E-state index is 10.1. The zero-order valence-corrected chi connectivity index (χ0v) is 9.58. The Morgan fingerprint density at radius 1 is 1.36 bits per heavy atom. The molecular weight excluding hydrogens is 277 g/mol. The molecule has 0 saturated heterocycles. The first-order valence-electron chi connectivity index (χ1n) is 3.43. The van der Waals surface area contributed by atoms with E-state index in [9.17, 15) is 4.79 Å². The fourth-order valence-electron chi connectivity index (χ4n) is 0.609. The molecule has 0 amide bonds. The van der Waals surface area contributed by atoms with E-state index in [2.05, 4.69) is 13.3 Å². The van der Waals surface area contributed by atoms with Gasteiger partial charge >= 0.3 is 48.1 Å². The van der Waals surface area contributed by atoms with E-state index in [4.69, 9.17) is 20.1 Å². The summed E-state index contributed by atoms with van der Waals surface area (Å²) in [5.41, 5.74) is 5.22. The first-order chi connectivity index (χ1) is 6.04. The van der Waals surface area contributed by atoms with Gasteiger partial charge in [0.2, 0.25) is 0 Å². The molecule has 0 aromatic carbocycles. The molecule has 0 aromatic heterocycles. The van der Waals surface area contributed by atoms with Crippen molar-refractivity contribution in [3.05, 3.63) is 13.3 Å². The first kappa shape index (κ1) is 23.4. The maximum atomic E-state index is 10.1. The minimum atomic E-state index is -0.913. The van der Waals surface area contributed by atoms with Gasteiger partial charge in [-0.05, 0) is 12.3 Å². The van der Waals surface area contributed by atoms with Crippen molar-refractivity contribution in [3.63, 3.8) is 0 Å². The van der Waals surface area contributed by atoms with Crippen LogP contribution in [0, 0.1) is 19.2 Å². The van der Waals surface area contributed by atoms with Crippen LogP contribution in [0.15, 0.2) is 0 Å². The molecule has 0 heterocycles. The van der Waals surface area contributed by atoms with E-state index in [0.717, 1.165) is 0 Å². The summed E-state index contributed by atoms with van der Waals surface area (Å²) in [6, 6.07) is -0.690. The first-order valence-corrected chi connectivity index (χ1v) is 3.43. The Balaban J connectivity index is -0.0000000883. The minimum absolute atomic E-state index is 0. The largest absolute Gasteiger partial charge is 2.00 e. The van der Waals surface area contributed by atoms with Crippen LogP contribution >= 0.6 is 0 Å². The molecule has 1 unspecified atom stereocenters. The Kier molecular flexibility index (Phi) is 30.6. The summed E-state index contributed by atoms with van der Waals surface area (Å²) in [4.78, 5) is 10.1. The Hall–Kier alpha value is -0.467. The molecule has 0 rings (SSSR count). The van der Waals surface area contributed by atoms with Gasteiger partial charge in [0, 0.05) is 0 Å². The van der Waals surface area contributed by atoms with Crippen LogP contribution in [-0.4, -0.2) is 17.1 Å². The second kappa shape index (κ2) is 18.3. The molecule has 0 spiro atoms. The van der Waals surface area contributed by atoms with E-state index in [1.54, 1.807) is 0 Å². The van der Waals surface area contributed by atoms with Crippen molar-refractivity contribution in [2.45, 2.75) is 26.3 Å². The topological polar surface area (TPSA) is 103 Å². The third-order valence-electron chi connectivity index (χ3n) is 1.04. The standard InChI is InChI=1S/C6H13NO2.2CO.Rh/c1-4(2)3-5(7)6(8)9;2*1-2;/h4-5H,3,7H2,1-2H3,(H,8,9);;;/q;;;+2. The fraction of sp³-hybridized carbons (Fsp3) is 0.625. The summed E-state index contributed by atoms with van der Waals surface area (Å²) in [5.74, 6) is -0.556. The summed E-state index contributed by atoms with van der Waals surface area (Å²) >= 11 is 0. The smallest absolute Gasteiger partial charge is 2.00 e. The van der Waals surface area contributed by atoms with Crippen LogP contribution in [0.3, 0.4) is 0 Å². The van der Waals surface area contributed by atoms with Gasteiger partial charge < -0.3 is 10.8 Å². The molecular formula is C8H13NO4Rh+2. The van der Waals surface area contributed by atoms with Gasteiger partial charge in [-0.15, -0.1) is 0 Å². The molecule has 0 fully saturated rings. The molecule has 5 nitrogen and oxygen atoms in total. The van der Waals surface area contributed by atoms with Crippen molar-refractivity contribution >= 4 is 5.97 Å². The van der Waals surface area contributed by atoms with Crippen molar-refractivity contribution in [2.75, 3.05) is 0 Å². The van der Waals surface area contributed by atoms with Crippen LogP contribution in [0.5, 0.6) is 0 Å². The zero-order valence-electron chi connectivity index (χ0n) is 7.94. The number of hydrogen-bond donors (Lipinski definition) is 2. The third kappa shape index (κ3) is 22.5. The van der Waals surface area contributed by atoms with Gasteiger partial charge in [0.25, 0.3) is 0 Å². The minimum Gasteiger partial charge on any atom is 2.00 e. The number of hydrogen-bond acceptors (Lipinski definition) is 2. The summed E-state index contributed by atoms with van der Waals surface area (Å²) < 4.78 is 15.0. The second-order valence-electron chi connectivity index (χ2n) is 2.57. The monoisotopic (exact) mass is 290 g/mol. The van der Waals surface area contributed by atoms with Gasteiger partial charge in [-0.2, -0.15) is 0 Å². The molecule has 0 saturated carbocycles. The second-order valence-corrected chi connectivity index (χ2v) is 2.57. The quantitative estimate of drug-likeness (QED) is 0.445. The van der Waals surface area contributed by atoms with Crippen LogP contribution in [0.4, 0.5) is 0 Å². The van der Waals surface area contributed by atoms with Crippen LogP contribution in [0.2, 0.25) is 0 Å². The maximum Gasteiger partial charge on any atom is 2.00 e. The van der Waals surface area contributed by atoms with Crippen molar-refractivity contribution in [2.24, 2.45) is 11.7 Å². The van der Waals surface area contributed by atoms with E-state index < -0.39 is 12.0 Å². The van der Waals surface area contributed by atoms with Gasteiger partial charge in [0.1, 0.15) is 6.04 Å². The number of aliphatic carboxylic acids is 1. The van der Waals surface area contributed by atoms with Crippen LogP contribution in [0.1, 0.15) is 20.3 Å². The van der Waals surface area contributed by atoms with E-state index in [0.29, 0.717) is 12.3 Å². The molecule has 1 radical (unpaired) electrons. The molecule has 0 aliphatic heterocycles. The molecule has 0 bridgehead atoms. The number of carboxylic acid groups (broad SMARTS) is 1. The predicted octanol–water partition coefficient (Wildman–Crippen LogP) is 0.367. The van der Waals surface area contributed by atoms with Crippen molar-refractivity contribution < 1.29 is 38.7 Å². The molecule has 3 N–H and O–H groups in total. The fourth-order valence-corrected chi connectivity index (χ4v) is 0.609. The molecule has 14 heavy (non-hydrogen) atoms. The Bertz CT molecular complexity index is 161. The number of nitrogens with two attached hydrogens (primary N) is 1. The SMILES string of the molecule is CC(C)CC(N)C(=O)O.[C-]#[O+].[C-]#[O+].[Rh+2]. The number of carboxylic acids is 1. The molecule has 81 valence electrons. The average molecular weight is 290 g/mol. The van der Waals surface area contributed by atoms with Gasteiger partial charge in [0.05, 0.1) is 0 Å². The predicted molar refractivity (Wildman–Crippen MR) is 42.9 cm³/mol. The molecule has 6 heteroatoms. The van der Waals surface area contributed by atoms with Crippen LogP contribution in [0.25, 0.3) is 0 Å². The van der Waals surface area contributed by atoms with Gasteiger partial charge in [-0.1, -0.05) is 13.8 Å². The van der Waals surface area contributed by atoms with Crippen molar-refractivity contribution in [3.8, 4) is 0 Å². The normalized spacial score (nSPS) is 9.14. The van der Waals surface area contributed by atoms with E-state index >= 15 is 0 Å². The average Bonchev–Trinajstić information content (AvgIpc) is 2.10. The van der Waals surface area contributed by atoms with Gasteiger partial charge in [-0.25, -0.2) is 0 Å². The summed E-state index contributed by atoms with van der Waals surface area (Å²) in [5, 5.41) is 8.31. The Morgan fingerprint density at radius 3 is 1.71 bits per heavy atom. The summed E-state index contributed by atoms with van der Waals surface area (Å²) in [6.45, 7) is 12.9. The Labute approximate surface area is 96.2 Å². The van der Waals surface area contributed by atoms with Gasteiger partial charge in [-0.3, -0.25) is 4.79 Å². The zero-order chi connectivity index (χ0) is 11.4. The summed E-state index contributed by atoms with van der Waals surface area (Å²) in [6.07, 6.45) is 0.551. The van der Waals surface area contributed by atoms with Crippen LogP contribution in [-0.2, 0) is 33.6 Å². The summed E-state index contributed by atoms with van der Waals surface area (Å²) in [7, 11) is 0. The number of rotatable bonds is 3. The van der Waals surface area contributed by atoms with Crippen LogP contribution < -0.4 is 5.73 Å². The molecule has 0 aromatic rings. The van der Waals surface area contributed by atoms with E-state index in [-0.39, 0.29) is 19.5 Å². The molecule has 0 aliphatic carbocycles.